The predicted octanol–water partition coefficient (Wildman–Crippen LogP) is 4.11. The van der Waals surface area contributed by atoms with Gasteiger partial charge in [-0.25, -0.2) is 22.2 Å². The van der Waals surface area contributed by atoms with Gasteiger partial charge in [-0.15, -0.1) is 0 Å². The van der Waals surface area contributed by atoms with Crippen molar-refractivity contribution >= 4 is 32.5 Å². The lowest BCUT2D eigenvalue weighted by atomic mass is 10.0. The van der Waals surface area contributed by atoms with E-state index >= 15 is 0 Å². The molecule has 0 unspecified atom stereocenters. The molecule has 0 atom stereocenters. The molecule has 5 aromatic rings. The van der Waals surface area contributed by atoms with Gasteiger partial charge in [0.2, 0.25) is 5.88 Å². The highest BCUT2D eigenvalue weighted by molar-refractivity contribution is 7.92. The van der Waals surface area contributed by atoms with Gasteiger partial charge in [0.25, 0.3) is 15.9 Å². The number of amides is 1. The number of hydrogen-bond acceptors (Lipinski definition) is 7. The van der Waals surface area contributed by atoms with Crippen LogP contribution in [0.4, 0.5) is 14.5 Å². The number of carbonyl (C=O) groups is 1. The van der Waals surface area contributed by atoms with Crippen molar-refractivity contribution in [1.82, 2.24) is 20.1 Å². The van der Waals surface area contributed by atoms with Gasteiger partial charge < -0.3 is 15.2 Å². The summed E-state index contributed by atoms with van der Waals surface area (Å²) in [4.78, 5) is 15.7. The SMILES string of the molecule is COc1ncc(-c2ccc3nn(C)c(-c4ccc(C(=O)NCCO)cc4)c3c2)cc1NS(=O)(=O)c1ccc(F)cc1F. The molecule has 0 saturated heterocycles. The van der Waals surface area contributed by atoms with Crippen LogP contribution >= 0.6 is 0 Å². The van der Waals surface area contributed by atoms with E-state index in [0.717, 1.165) is 28.8 Å². The number of hydrogen-bond donors (Lipinski definition) is 3. The molecule has 2 aromatic heterocycles. The molecule has 2 heterocycles. The van der Waals surface area contributed by atoms with Crippen molar-refractivity contribution in [3.05, 3.63) is 90.1 Å². The number of rotatable bonds is 9. The molecule has 13 heteroatoms. The highest BCUT2D eigenvalue weighted by Crippen LogP contribution is 2.35. The second-order valence-corrected chi connectivity index (χ2v) is 10.9. The summed E-state index contributed by atoms with van der Waals surface area (Å²) < 4.78 is 62.7. The van der Waals surface area contributed by atoms with Crippen LogP contribution in [0.1, 0.15) is 10.4 Å². The molecule has 0 radical (unpaired) electrons. The minimum atomic E-state index is -4.45. The number of carbonyl (C=O) groups excluding carboxylic acids is 1. The molecule has 0 aliphatic rings. The van der Waals surface area contributed by atoms with Gasteiger partial charge in [0.05, 0.1) is 24.9 Å². The fraction of sp³-hybridized carbons (Fsp3) is 0.138. The number of methoxy groups -OCH3 is 1. The summed E-state index contributed by atoms with van der Waals surface area (Å²) >= 11 is 0. The van der Waals surface area contributed by atoms with Crippen LogP contribution in [0.15, 0.2) is 77.8 Å². The van der Waals surface area contributed by atoms with Crippen LogP contribution in [0, 0.1) is 11.6 Å². The quantitative estimate of drug-likeness (QED) is 0.234. The number of nitrogens with one attached hydrogen (secondary N) is 2. The Morgan fingerprint density at radius 2 is 1.74 bits per heavy atom. The monoisotopic (exact) mass is 593 g/mol. The average molecular weight is 594 g/mol. The lowest BCUT2D eigenvalue weighted by Gasteiger charge is -2.13. The number of benzene rings is 3. The number of halogens is 2. The molecular weight excluding hydrogens is 568 g/mol. The number of aliphatic hydroxyl groups excluding tert-OH is 1. The first-order valence-corrected chi connectivity index (χ1v) is 14.1. The minimum absolute atomic E-state index is 0.0414. The van der Waals surface area contributed by atoms with E-state index in [2.05, 4.69) is 20.1 Å². The number of aromatic nitrogens is 3. The molecule has 1 amide bonds. The second kappa shape index (κ2) is 11.5. The summed E-state index contributed by atoms with van der Waals surface area (Å²) in [5.41, 5.74) is 3.90. The highest BCUT2D eigenvalue weighted by atomic mass is 32.2. The maximum absolute atomic E-state index is 14.3. The first-order valence-electron chi connectivity index (χ1n) is 12.6. The zero-order chi connectivity index (χ0) is 30.0. The molecule has 5 rings (SSSR count). The maximum atomic E-state index is 14.3. The summed E-state index contributed by atoms with van der Waals surface area (Å²) in [6.45, 7) is -0.000706. The first-order chi connectivity index (χ1) is 20.1. The Labute approximate surface area is 239 Å². The van der Waals surface area contributed by atoms with Crippen molar-refractivity contribution in [2.24, 2.45) is 7.05 Å². The number of nitrogens with zero attached hydrogens (tertiary/aromatic N) is 3. The molecule has 0 bridgehead atoms. The number of pyridine rings is 1. The number of aliphatic hydroxyl groups is 1. The molecule has 0 saturated carbocycles. The molecule has 0 fully saturated rings. The molecule has 3 N–H and O–H groups in total. The summed E-state index contributed by atoms with van der Waals surface area (Å²) in [6.07, 6.45) is 1.51. The van der Waals surface area contributed by atoms with Crippen molar-refractivity contribution in [3.63, 3.8) is 0 Å². The Hall–Kier alpha value is -4.88. The molecule has 42 heavy (non-hydrogen) atoms. The van der Waals surface area contributed by atoms with Crippen LogP contribution in [0.2, 0.25) is 0 Å². The third-order valence-corrected chi connectivity index (χ3v) is 7.86. The van der Waals surface area contributed by atoms with Crippen molar-refractivity contribution < 1.29 is 31.8 Å². The zero-order valence-electron chi connectivity index (χ0n) is 22.4. The van der Waals surface area contributed by atoms with E-state index in [1.165, 1.54) is 19.4 Å². The third kappa shape index (κ3) is 5.64. The summed E-state index contributed by atoms with van der Waals surface area (Å²) in [6, 6.07) is 16.1. The predicted molar refractivity (Wildman–Crippen MR) is 153 cm³/mol. The van der Waals surface area contributed by atoms with Gasteiger partial charge in [-0.05, 0) is 48.0 Å². The third-order valence-electron chi connectivity index (χ3n) is 6.46. The van der Waals surface area contributed by atoms with E-state index in [1.807, 2.05) is 12.1 Å². The first kappa shape index (κ1) is 28.6. The standard InChI is InChI=1S/C29H25F2N5O5S/c1-36-27(17-3-5-18(6-4-17)28(38)32-11-12-37)22-13-19(7-9-24(22)34-36)20-14-25(29(41-2)33-16-20)35-42(39,40)26-10-8-21(30)15-23(26)31/h3-10,13-16,35,37H,11-12H2,1-2H3,(H,32,38). The van der Waals surface area contributed by atoms with Crippen LogP contribution in [0.25, 0.3) is 33.3 Å². The number of sulfonamides is 1. The van der Waals surface area contributed by atoms with Crippen molar-refractivity contribution in [2.45, 2.75) is 4.90 Å². The van der Waals surface area contributed by atoms with Gasteiger partial charge in [-0.3, -0.25) is 14.2 Å². The van der Waals surface area contributed by atoms with Crippen LogP contribution in [0.3, 0.4) is 0 Å². The molecular formula is C29H25F2N5O5S. The minimum Gasteiger partial charge on any atom is -0.480 e. The Morgan fingerprint density at radius 1 is 1.00 bits per heavy atom. The Kier molecular flexibility index (Phi) is 7.87. The Morgan fingerprint density at radius 3 is 2.43 bits per heavy atom. The van der Waals surface area contributed by atoms with Crippen LogP contribution < -0.4 is 14.8 Å². The average Bonchev–Trinajstić information content (AvgIpc) is 3.30. The van der Waals surface area contributed by atoms with Gasteiger partial charge in [0.15, 0.2) is 0 Å². The van der Waals surface area contributed by atoms with Gasteiger partial charge in [0, 0.05) is 47.9 Å². The highest BCUT2D eigenvalue weighted by Gasteiger charge is 2.22. The van der Waals surface area contributed by atoms with Crippen molar-refractivity contribution in [2.75, 3.05) is 25.0 Å². The fourth-order valence-electron chi connectivity index (χ4n) is 4.51. The van der Waals surface area contributed by atoms with Crippen LogP contribution in [-0.4, -0.2) is 54.5 Å². The Bertz CT molecular complexity index is 1910. The number of ether oxygens (including phenoxy) is 1. The maximum Gasteiger partial charge on any atom is 0.264 e. The van der Waals surface area contributed by atoms with Gasteiger partial charge in [0.1, 0.15) is 22.2 Å². The Balaban J connectivity index is 1.51. The number of fused-ring (bicyclic) bond motifs is 1. The van der Waals surface area contributed by atoms with E-state index in [-0.39, 0.29) is 30.6 Å². The van der Waals surface area contributed by atoms with Gasteiger partial charge in [-0.2, -0.15) is 5.10 Å². The molecule has 10 nitrogen and oxygen atoms in total. The van der Waals surface area contributed by atoms with Crippen molar-refractivity contribution in [1.29, 1.82) is 0 Å². The van der Waals surface area contributed by atoms with Crippen LogP contribution in [0.5, 0.6) is 5.88 Å². The molecule has 3 aromatic carbocycles. The molecule has 0 spiro atoms. The van der Waals surface area contributed by atoms with Gasteiger partial charge in [-0.1, -0.05) is 18.2 Å². The van der Waals surface area contributed by atoms with E-state index < -0.39 is 26.6 Å². The van der Waals surface area contributed by atoms with E-state index in [0.29, 0.717) is 28.3 Å². The van der Waals surface area contributed by atoms with Crippen molar-refractivity contribution in [3.8, 4) is 28.3 Å². The smallest absolute Gasteiger partial charge is 0.264 e. The summed E-state index contributed by atoms with van der Waals surface area (Å²) in [5.74, 6) is -2.49. The van der Waals surface area contributed by atoms with E-state index in [4.69, 9.17) is 9.84 Å². The number of aryl methyl sites for hydroxylation is 1. The lowest BCUT2D eigenvalue weighted by Crippen LogP contribution is -2.26. The van der Waals surface area contributed by atoms with Gasteiger partial charge >= 0.3 is 0 Å². The largest absolute Gasteiger partial charge is 0.480 e. The van der Waals surface area contributed by atoms with E-state index in [1.54, 1.807) is 42.1 Å². The fourth-order valence-corrected chi connectivity index (χ4v) is 5.62. The van der Waals surface area contributed by atoms with Crippen LogP contribution in [-0.2, 0) is 17.1 Å². The summed E-state index contributed by atoms with van der Waals surface area (Å²) in [5, 5.41) is 16.9. The van der Waals surface area contributed by atoms with E-state index in [9.17, 15) is 22.0 Å². The molecule has 216 valence electrons. The lowest BCUT2D eigenvalue weighted by molar-refractivity contribution is 0.0944. The number of anilines is 1. The topological polar surface area (TPSA) is 135 Å². The second-order valence-electron chi connectivity index (χ2n) is 9.22. The zero-order valence-corrected chi connectivity index (χ0v) is 23.2. The molecule has 0 aliphatic heterocycles. The summed E-state index contributed by atoms with van der Waals surface area (Å²) in [7, 11) is -1.34. The molecule has 0 aliphatic carbocycles. The normalized spacial score (nSPS) is 11.5.